The molecule has 1 spiro atoms. The van der Waals surface area contributed by atoms with E-state index in [1.807, 2.05) is 19.2 Å². The van der Waals surface area contributed by atoms with E-state index in [-0.39, 0.29) is 42.8 Å². The maximum absolute atomic E-state index is 14.1. The Morgan fingerprint density at radius 3 is 2.71 bits per heavy atom. The van der Waals surface area contributed by atoms with Gasteiger partial charge in [0.05, 0.1) is 18.8 Å². The highest BCUT2D eigenvalue weighted by Gasteiger charge is 2.74. The average molecular weight is 390 g/mol. The largest absolute Gasteiger partial charge is 0.383 e. The van der Waals surface area contributed by atoms with E-state index >= 15 is 0 Å². The SMILES string of the molecule is COCCN1C(=O)[C@H]2[C@@H](C1=O)[C@@]1([NH2+][C@@H]2CC(C)C)C(=O)Nc2ccc(F)cc21. The number of amides is 3. The van der Waals surface area contributed by atoms with Crippen LogP contribution >= 0.6 is 0 Å². The zero-order valence-electron chi connectivity index (χ0n) is 16.2. The number of hydrogen-bond donors (Lipinski definition) is 2. The number of nitrogens with two attached hydrogens (primary N) is 1. The molecule has 0 aliphatic carbocycles. The molecule has 1 aromatic rings. The minimum absolute atomic E-state index is 0.156. The fourth-order valence-electron chi connectivity index (χ4n) is 5.16. The number of benzene rings is 1. The van der Waals surface area contributed by atoms with Crippen LogP contribution in [0.25, 0.3) is 0 Å². The molecular weight excluding hydrogens is 365 g/mol. The molecule has 1 aromatic carbocycles. The third-order valence-corrected chi connectivity index (χ3v) is 6.18. The summed E-state index contributed by atoms with van der Waals surface area (Å²) in [6.07, 6.45) is 0.679. The molecule has 0 unspecified atom stereocenters. The Morgan fingerprint density at radius 2 is 2.04 bits per heavy atom. The number of nitrogens with one attached hydrogen (secondary N) is 1. The summed E-state index contributed by atoms with van der Waals surface area (Å²) >= 11 is 0. The van der Waals surface area contributed by atoms with E-state index in [4.69, 9.17) is 4.74 Å². The van der Waals surface area contributed by atoms with Crippen LogP contribution in [0.5, 0.6) is 0 Å². The Morgan fingerprint density at radius 1 is 1.29 bits per heavy atom. The summed E-state index contributed by atoms with van der Waals surface area (Å²) in [5, 5.41) is 4.63. The van der Waals surface area contributed by atoms with Gasteiger partial charge in [-0.25, -0.2) is 4.39 Å². The monoisotopic (exact) mass is 390 g/mol. The molecule has 2 fully saturated rings. The summed E-state index contributed by atoms with van der Waals surface area (Å²) < 4.78 is 19.1. The van der Waals surface area contributed by atoms with Gasteiger partial charge in [0, 0.05) is 19.1 Å². The zero-order valence-corrected chi connectivity index (χ0v) is 16.2. The van der Waals surface area contributed by atoms with E-state index in [0.29, 0.717) is 17.7 Å². The number of imide groups is 1. The predicted octanol–water partition coefficient (Wildman–Crippen LogP) is 0.212. The molecule has 0 bridgehead atoms. The van der Waals surface area contributed by atoms with Crippen LogP contribution in [0.3, 0.4) is 0 Å². The fourth-order valence-corrected chi connectivity index (χ4v) is 5.16. The third kappa shape index (κ3) is 2.51. The quantitative estimate of drug-likeness (QED) is 0.704. The Kier molecular flexibility index (Phi) is 4.50. The lowest BCUT2D eigenvalue weighted by Crippen LogP contribution is -2.99. The van der Waals surface area contributed by atoms with Crippen molar-refractivity contribution >= 4 is 23.4 Å². The van der Waals surface area contributed by atoms with Gasteiger partial charge in [-0.2, -0.15) is 0 Å². The van der Waals surface area contributed by atoms with E-state index in [1.54, 1.807) is 0 Å². The Labute approximate surface area is 162 Å². The molecule has 4 atom stereocenters. The van der Waals surface area contributed by atoms with Crippen molar-refractivity contribution in [2.24, 2.45) is 17.8 Å². The molecule has 28 heavy (non-hydrogen) atoms. The predicted molar refractivity (Wildman–Crippen MR) is 97.5 cm³/mol. The lowest BCUT2D eigenvalue weighted by atomic mass is 9.76. The maximum atomic E-state index is 14.1. The van der Waals surface area contributed by atoms with Crippen LogP contribution in [0, 0.1) is 23.6 Å². The van der Waals surface area contributed by atoms with Crippen molar-refractivity contribution in [2.75, 3.05) is 25.6 Å². The minimum Gasteiger partial charge on any atom is -0.383 e. The Balaban J connectivity index is 1.84. The zero-order chi connectivity index (χ0) is 20.2. The summed E-state index contributed by atoms with van der Waals surface area (Å²) in [7, 11) is 1.51. The van der Waals surface area contributed by atoms with Crippen molar-refractivity contribution in [2.45, 2.75) is 31.8 Å². The minimum atomic E-state index is -1.31. The number of anilines is 1. The molecule has 8 heteroatoms. The number of carbonyl (C=O) groups is 3. The first kappa shape index (κ1) is 19.0. The standard InChI is InChI=1S/C20H24FN3O4/c1-10(2)8-14-15-16(18(26)24(17(15)25)6-7-28-3)20(23-14)12-9-11(21)4-5-13(12)22-19(20)27/h4-5,9-10,14-16,23H,6-8H2,1-3H3,(H,22,27)/p+1/t14-,15-,16+,20-/m1/s1. The van der Waals surface area contributed by atoms with Gasteiger partial charge in [-0.3, -0.25) is 19.3 Å². The van der Waals surface area contributed by atoms with Crippen molar-refractivity contribution in [3.05, 3.63) is 29.6 Å². The van der Waals surface area contributed by atoms with Gasteiger partial charge in [0.2, 0.25) is 17.4 Å². The molecule has 3 amide bonds. The van der Waals surface area contributed by atoms with Gasteiger partial charge in [0.25, 0.3) is 5.91 Å². The second-order valence-corrected chi connectivity index (χ2v) is 8.30. The number of carbonyl (C=O) groups excluding carboxylic acids is 3. The third-order valence-electron chi connectivity index (χ3n) is 6.18. The van der Waals surface area contributed by atoms with Crippen LogP contribution in [0.1, 0.15) is 25.8 Å². The van der Waals surface area contributed by atoms with Crippen molar-refractivity contribution in [3.63, 3.8) is 0 Å². The van der Waals surface area contributed by atoms with Crippen molar-refractivity contribution < 1.29 is 28.8 Å². The number of ether oxygens (including phenoxy) is 1. The smallest absolute Gasteiger partial charge is 0.291 e. The van der Waals surface area contributed by atoms with Crippen molar-refractivity contribution in [1.82, 2.24) is 4.90 Å². The van der Waals surface area contributed by atoms with Gasteiger partial charge in [0.1, 0.15) is 23.7 Å². The number of likely N-dealkylation sites (tertiary alicyclic amines) is 1. The first-order valence-corrected chi connectivity index (χ1v) is 9.63. The number of nitrogens with zero attached hydrogens (tertiary/aromatic N) is 1. The van der Waals surface area contributed by atoms with Crippen LogP contribution < -0.4 is 10.6 Å². The van der Waals surface area contributed by atoms with Gasteiger partial charge < -0.3 is 15.4 Å². The first-order valence-electron chi connectivity index (χ1n) is 9.63. The highest BCUT2D eigenvalue weighted by Crippen LogP contribution is 2.49. The first-order chi connectivity index (χ1) is 13.3. The van der Waals surface area contributed by atoms with E-state index in [0.717, 1.165) is 0 Å². The summed E-state index contributed by atoms with van der Waals surface area (Å²) in [4.78, 5) is 40.8. The van der Waals surface area contributed by atoms with Crippen LogP contribution in [-0.4, -0.2) is 48.9 Å². The van der Waals surface area contributed by atoms with Crippen LogP contribution in [0.15, 0.2) is 18.2 Å². The number of fused-ring (bicyclic) bond motifs is 4. The molecule has 2 saturated heterocycles. The molecule has 150 valence electrons. The van der Waals surface area contributed by atoms with Crippen LogP contribution in [0.2, 0.25) is 0 Å². The fraction of sp³-hybridized carbons (Fsp3) is 0.550. The summed E-state index contributed by atoms with van der Waals surface area (Å²) in [6.45, 7) is 4.48. The topological polar surface area (TPSA) is 92.3 Å². The van der Waals surface area contributed by atoms with Gasteiger partial charge >= 0.3 is 0 Å². The van der Waals surface area contributed by atoms with Gasteiger partial charge in [-0.15, -0.1) is 0 Å². The highest BCUT2D eigenvalue weighted by molar-refractivity contribution is 6.13. The molecule has 3 N–H and O–H groups in total. The molecule has 4 rings (SSSR count). The van der Waals surface area contributed by atoms with Crippen molar-refractivity contribution in [1.29, 1.82) is 0 Å². The number of methoxy groups -OCH3 is 1. The number of hydrogen-bond acceptors (Lipinski definition) is 4. The second kappa shape index (κ2) is 6.63. The maximum Gasteiger partial charge on any atom is 0.291 e. The summed E-state index contributed by atoms with van der Waals surface area (Å²) in [5.74, 6) is -2.63. The number of rotatable bonds is 5. The molecule has 7 nitrogen and oxygen atoms in total. The van der Waals surface area contributed by atoms with Crippen molar-refractivity contribution in [3.8, 4) is 0 Å². The molecule has 0 saturated carbocycles. The van der Waals surface area contributed by atoms with Gasteiger partial charge in [-0.1, -0.05) is 13.8 Å². The van der Waals surface area contributed by atoms with Crippen LogP contribution in [0.4, 0.5) is 10.1 Å². The lowest BCUT2D eigenvalue weighted by Gasteiger charge is -2.26. The summed E-state index contributed by atoms with van der Waals surface area (Å²) in [5.41, 5.74) is -0.355. The Hall–Kier alpha value is -2.32. The van der Waals surface area contributed by atoms with E-state index in [9.17, 15) is 18.8 Å². The lowest BCUT2D eigenvalue weighted by molar-refractivity contribution is -0.734. The van der Waals surface area contributed by atoms with E-state index in [1.165, 1.54) is 30.2 Å². The molecule has 0 radical (unpaired) electrons. The number of quaternary nitrogens is 1. The molecular formula is C20H25FN3O4+. The van der Waals surface area contributed by atoms with E-state index < -0.39 is 23.2 Å². The Bertz CT molecular complexity index is 858. The second-order valence-electron chi connectivity index (χ2n) is 8.30. The summed E-state index contributed by atoms with van der Waals surface area (Å²) in [6, 6.07) is 3.88. The van der Waals surface area contributed by atoms with Crippen LogP contribution in [-0.2, 0) is 24.7 Å². The molecule has 3 aliphatic heterocycles. The normalized spacial score (nSPS) is 31.1. The average Bonchev–Trinajstić information content (AvgIpc) is 3.19. The van der Waals surface area contributed by atoms with Gasteiger partial charge in [0.15, 0.2) is 0 Å². The molecule has 3 heterocycles. The highest BCUT2D eigenvalue weighted by atomic mass is 19.1. The number of halogens is 1. The van der Waals surface area contributed by atoms with Gasteiger partial charge in [-0.05, 0) is 24.1 Å². The van der Waals surface area contributed by atoms with E-state index in [2.05, 4.69) is 5.32 Å². The molecule has 3 aliphatic rings. The molecule has 0 aromatic heterocycles.